The fraction of sp³-hybridized carbons (Fsp3) is 0.391. The largest absolute Gasteiger partial charge is 0.350 e. The van der Waals surface area contributed by atoms with E-state index in [0.717, 1.165) is 15.4 Å². The van der Waals surface area contributed by atoms with Crippen molar-refractivity contribution in [2.45, 2.75) is 39.3 Å². The normalized spacial score (nSPS) is 20.0. The summed E-state index contributed by atoms with van der Waals surface area (Å²) in [6.45, 7) is 5.05. The Balaban J connectivity index is 2.01. The van der Waals surface area contributed by atoms with Gasteiger partial charge in [-0.3, -0.25) is 14.5 Å². The highest BCUT2D eigenvalue weighted by Crippen LogP contribution is 2.33. The zero-order chi connectivity index (χ0) is 22.6. The van der Waals surface area contributed by atoms with Crippen molar-refractivity contribution in [3.8, 4) is 0 Å². The minimum absolute atomic E-state index is 0.104. The molecule has 2 aromatic rings. The molecule has 1 atom stereocenters. The Morgan fingerprint density at radius 2 is 1.71 bits per heavy atom. The molecule has 0 spiro atoms. The van der Waals surface area contributed by atoms with Gasteiger partial charge in [0.15, 0.2) is 0 Å². The first-order valence-electron chi connectivity index (χ1n) is 10.4. The van der Waals surface area contributed by atoms with E-state index in [0.29, 0.717) is 12.1 Å². The molecule has 0 bridgehead atoms. The first-order chi connectivity index (χ1) is 14.7. The van der Waals surface area contributed by atoms with Gasteiger partial charge in [-0.25, -0.2) is 8.42 Å². The maximum absolute atomic E-state index is 13.5. The molecule has 1 aliphatic rings. The standard InChI is InChI=1S/C23H29N3O4S/c1-4-19-13-9-10-14-20(19)26-21(27)16-25(31(29,30)5-2)17-23(26,3)22(28)24-15-18-11-7-6-8-12-18/h6-14H,4-5,15-17H2,1-3H3,(H,24,28). The smallest absolute Gasteiger partial charge is 0.247 e. The van der Waals surface area contributed by atoms with Crippen LogP contribution in [-0.4, -0.2) is 48.9 Å². The second kappa shape index (κ2) is 9.20. The van der Waals surface area contributed by atoms with E-state index in [1.165, 1.54) is 11.8 Å². The third-order valence-electron chi connectivity index (χ3n) is 5.70. The first kappa shape index (κ1) is 23.0. The van der Waals surface area contributed by atoms with E-state index >= 15 is 0 Å². The third kappa shape index (κ3) is 4.65. The number of carbonyl (C=O) groups is 2. The Morgan fingerprint density at radius 3 is 2.35 bits per heavy atom. The van der Waals surface area contributed by atoms with Crippen LogP contribution in [0.5, 0.6) is 0 Å². The SMILES string of the molecule is CCc1ccccc1N1C(=O)CN(S(=O)(=O)CC)CC1(C)C(=O)NCc1ccccc1. The number of amides is 2. The number of carbonyl (C=O) groups excluding carboxylic acids is 2. The molecule has 7 nitrogen and oxygen atoms in total. The maximum Gasteiger partial charge on any atom is 0.247 e. The lowest BCUT2D eigenvalue weighted by Gasteiger charge is -2.47. The number of nitrogens with zero attached hydrogens (tertiary/aromatic N) is 2. The van der Waals surface area contributed by atoms with Gasteiger partial charge < -0.3 is 5.32 Å². The molecule has 31 heavy (non-hydrogen) atoms. The van der Waals surface area contributed by atoms with E-state index in [1.807, 2.05) is 61.5 Å². The van der Waals surface area contributed by atoms with E-state index in [4.69, 9.17) is 0 Å². The van der Waals surface area contributed by atoms with E-state index in [2.05, 4.69) is 5.32 Å². The molecule has 0 aliphatic carbocycles. The minimum atomic E-state index is -3.64. The first-order valence-corrected chi connectivity index (χ1v) is 12.0. The van der Waals surface area contributed by atoms with Crippen LogP contribution in [0.3, 0.4) is 0 Å². The van der Waals surface area contributed by atoms with Crippen molar-refractivity contribution >= 4 is 27.5 Å². The number of benzene rings is 2. The van der Waals surface area contributed by atoms with Gasteiger partial charge >= 0.3 is 0 Å². The topological polar surface area (TPSA) is 86.8 Å². The molecule has 2 amide bonds. The highest BCUT2D eigenvalue weighted by Gasteiger charge is 2.50. The maximum atomic E-state index is 13.5. The summed E-state index contributed by atoms with van der Waals surface area (Å²) in [5, 5.41) is 2.90. The molecule has 1 heterocycles. The van der Waals surface area contributed by atoms with Crippen molar-refractivity contribution in [3.05, 3.63) is 65.7 Å². The molecule has 3 rings (SSSR count). The molecule has 8 heteroatoms. The summed E-state index contributed by atoms with van der Waals surface area (Å²) in [5.74, 6) is -0.943. The van der Waals surface area contributed by atoms with Gasteiger partial charge in [-0.05, 0) is 37.5 Å². The van der Waals surface area contributed by atoms with Crippen molar-refractivity contribution in [2.75, 3.05) is 23.7 Å². The van der Waals surface area contributed by atoms with Crippen LogP contribution in [0.2, 0.25) is 0 Å². The van der Waals surface area contributed by atoms with E-state index in [1.54, 1.807) is 6.92 Å². The van der Waals surface area contributed by atoms with Gasteiger partial charge in [0.2, 0.25) is 21.8 Å². The quantitative estimate of drug-likeness (QED) is 0.712. The molecule has 166 valence electrons. The molecule has 1 aliphatic heterocycles. The number of aryl methyl sites for hydroxylation is 1. The highest BCUT2D eigenvalue weighted by molar-refractivity contribution is 7.89. The summed E-state index contributed by atoms with van der Waals surface area (Å²) in [4.78, 5) is 28.2. The molecule has 1 unspecified atom stereocenters. The number of sulfonamides is 1. The number of anilines is 1. The molecule has 1 N–H and O–H groups in total. The van der Waals surface area contributed by atoms with Crippen LogP contribution < -0.4 is 10.2 Å². The zero-order valence-corrected chi connectivity index (χ0v) is 19.0. The highest BCUT2D eigenvalue weighted by atomic mass is 32.2. The molecule has 0 radical (unpaired) electrons. The van der Waals surface area contributed by atoms with Gasteiger partial charge in [-0.1, -0.05) is 55.5 Å². The van der Waals surface area contributed by atoms with Gasteiger partial charge in [0.1, 0.15) is 5.54 Å². The van der Waals surface area contributed by atoms with Crippen LogP contribution in [0.1, 0.15) is 31.9 Å². The zero-order valence-electron chi connectivity index (χ0n) is 18.2. The monoisotopic (exact) mass is 443 g/mol. The van der Waals surface area contributed by atoms with Crippen LogP contribution in [0, 0.1) is 0 Å². The Bertz CT molecular complexity index is 1060. The molecule has 2 aromatic carbocycles. The number of hydrogen-bond acceptors (Lipinski definition) is 4. The molecule has 0 saturated carbocycles. The Labute approximate surface area is 184 Å². The Kier molecular flexibility index (Phi) is 6.81. The summed E-state index contributed by atoms with van der Waals surface area (Å²) < 4.78 is 26.3. The third-order valence-corrected chi connectivity index (χ3v) is 7.47. The van der Waals surface area contributed by atoms with E-state index < -0.39 is 27.4 Å². The lowest BCUT2D eigenvalue weighted by atomic mass is 9.93. The summed E-state index contributed by atoms with van der Waals surface area (Å²) in [7, 11) is -3.64. The fourth-order valence-electron chi connectivity index (χ4n) is 3.92. The fourth-order valence-corrected chi connectivity index (χ4v) is 5.04. The molecule has 1 fully saturated rings. The summed E-state index contributed by atoms with van der Waals surface area (Å²) in [6, 6.07) is 16.9. The molecule has 0 aromatic heterocycles. The predicted molar refractivity (Wildman–Crippen MR) is 121 cm³/mol. The molecular weight excluding hydrogens is 414 g/mol. The van der Waals surface area contributed by atoms with Crippen molar-refractivity contribution in [1.82, 2.24) is 9.62 Å². The average molecular weight is 444 g/mol. The van der Waals surface area contributed by atoms with Crippen LogP contribution in [-0.2, 0) is 32.6 Å². The van der Waals surface area contributed by atoms with E-state index in [9.17, 15) is 18.0 Å². The van der Waals surface area contributed by atoms with Crippen LogP contribution in [0.25, 0.3) is 0 Å². The number of hydrogen-bond donors (Lipinski definition) is 1. The molecular formula is C23H29N3O4S. The second-order valence-electron chi connectivity index (χ2n) is 7.82. The van der Waals surface area contributed by atoms with Gasteiger partial charge in [0, 0.05) is 18.8 Å². The second-order valence-corrected chi connectivity index (χ2v) is 10.1. The van der Waals surface area contributed by atoms with Gasteiger partial charge in [-0.2, -0.15) is 4.31 Å². The van der Waals surface area contributed by atoms with Gasteiger partial charge in [0.05, 0.1) is 12.3 Å². The summed E-state index contributed by atoms with van der Waals surface area (Å²) in [5.41, 5.74) is 1.09. The van der Waals surface area contributed by atoms with Crippen LogP contribution in [0.4, 0.5) is 5.69 Å². The summed E-state index contributed by atoms with van der Waals surface area (Å²) in [6.07, 6.45) is 0.679. The number of rotatable bonds is 7. The van der Waals surface area contributed by atoms with Crippen LogP contribution in [0.15, 0.2) is 54.6 Å². The Morgan fingerprint density at radius 1 is 1.06 bits per heavy atom. The lowest BCUT2D eigenvalue weighted by Crippen LogP contribution is -2.70. The van der Waals surface area contributed by atoms with Crippen molar-refractivity contribution < 1.29 is 18.0 Å². The van der Waals surface area contributed by atoms with Crippen molar-refractivity contribution in [1.29, 1.82) is 0 Å². The molecule has 1 saturated heterocycles. The number of nitrogens with one attached hydrogen (secondary N) is 1. The number of piperazine rings is 1. The average Bonchev–Trinajstić information content (AvgIpc) is 2.77. The van der Waals surface area contributed by atoms with Crippen molar-refractivity contribution in [2.24, 2.45) is 0 Å². The van der Waals surface area contributed by atoms with Crippen molar-refractivity contribution in [3.63, 3.8) is 0 Å². The van der Waals surface area contributed by atoms with Crippen LogP contribution >= 0.6 is 0 Å². The van der Waals surface area contributed by atoms with Gasteiger partial charge in [0.25, 0.3) is 0 Å². The minimum Gasteiger partial charge on any atom is -0.350 e. The number of para-hydroxylation sites is 1. The van der Waals surface area contributed by atoms with E-state index in [-0.39, 0.29) is 25.4 Å². The Hall–Kier alpha value is -2.71. The summed E-state index contributed by atoms with van der Waals surface area (Å²) >= 11 is 0. The lowest BCUT2D eigenvalue weighted by molar-refractivity contribution is -0.133. The van der Waals surface area contributed by atoms with Gasteiger partial charge in [-0.15, -0.1) is 0 Å². The predicted octanol–water partition coefficient (Wildman–Crippen LogP) is 2.32.